The first-order valence-corrected chi connectivity index (χ1v) is 11.4. The minimum absolute atomic E-state index is 0.0338. The third-order valence-corrected chi connectivity index (χ3v) is 6.47. The predicted molar refractivity (Wildman–Crippen MR) is 126 cm³/mol. The summed E-state index contributed by atoms with van der Waals surface area (Å²) in [6.07, 6.45) is 1.42. The van der Waals surface area contributed by atoms with Gasteiger partial charge in [-0.1, -0.05) is 90.6 Å². The van der Waals surface area contributed by atoms with Crippen LogP contribution in [0.15, 0.2) is 89.9 Å². The Kier molecular flexibility index (Phi) is 6.65. The molecule has 1 aliphatic rings. The van der Waals surface area contributed by atoms with Crippen molar-refractivity contribution < 1.29 is 4.79 Å². The van der Waals surface area contributed by atoms with Gasteiger partial charge in [0, 0.05) is 24.6 Å². The smallest absolute Gasteiger partial charge is 0.229 e. The Hall–Kier alpha value is -2.85. The van der Waals surface area contributed by atoms with E-state index in [9.17, 15) is 4.79 Å². The van der Waals surface area contributed by atoms with Crippen molar-refractivity contribution in [2.24, 2.45) is 4.99 Å². The summed E-state index contributed by atoms with van der Waals surface area (Å²) in [7, 11) is 0. The van der Waals surface area contributed by atoms with E-state index in [1.165, 1.54) is 11.1 Å². The second kappa shape index (κ2) is 9.77. The van der Waals surface area contributed by atoms with Crippen LogP contribution in [0.1, 0.15) is 35.4 Å². The summed E-state index contributed by atoms with van der Waals surface area (Å²) >= 11 is 1.68. The van der Waals surface area contributed by atoms with E-state index in [0.717, 1.165) is 35.1 Å². The van der Waals surface area contributed by atoms with Gasteiger partial charge < -0.3 is 0 Å². The Labute approximate surface area is 182 Å². The Morgan fingerprint density at radius 3 is 2.17 bits per heavy atom. The highest BCUT2D eigenvalue weighted by Crippen LogP contribution is 2.31. The quantitative estimate of drug-likeness (QED) is 0.500. The Morgan fingerprint density at radius 2 is 1.53 bits per heavy atom. The molecule has 0 aromatic heterocycles. The van der Waals surface area contributed by atoms with E-state index >= 15 is 0 Å². The molecule has 4 heteroatoms. The molecule has 0 unspecified atom stereocenters. The zero-order valence-corrected chi connectivity index (χ0v) is 18.0. The molecule has 1 aliphatic heterocycles. The van der Waals surface area contributed by atoms with Gasteiger partial charge in [-0.3, -0.25) is 9.69 Å². The van der Waals surface area contributed by atoms with Crippen LogP contribution in [0, 0.1) is 6.92 Å². The maximum absolute atomic E-state index is 13.5. The number of nitrogens with zero attached hydrogens (tertiary/aromatic N) is 2. The van der Waals surface area contributed by atoms with Crippen molar-refractivity contribution in [3.05, 3.63) is 102 Å². The van der Waals surface area contributed by atoms with Crippen molar-refractivity contribution in [1.29, 1.82) is 0 Å². The van der Waals surface area contributed by atoms with Crippen LogP contribution in [0.2, 0.25) is 0 Å². The Bertz CT molecular complexity index is 978. The van der Waals surface area contributed by atoms with Crippen LogP contribution in [0.3, 0.4) is 0 Å². The number of benzene rings is 3. The maximum atomic E-state index is 13.5. The molecule has 0 N–H and O–H groups in total. The first-order valence-electron chi connectivity index (χ1n) is 10.4. The van der Waals surface area contributed by atoms with Gasteiger partial charge in [-0.15, -0.1) is 0 Å². The van der Waals surface area contributed by atoms with Crippen molar-refractivity contribution in [1.82, 2.24) is 4.90 Å². The van der Waals surface area contributed by atoms with Gasteiger partial charge in [0.15, 0.2) is 5.17 Å². The first kappa shape index (κ1) is 20.4. The molecule has 1 fully saturated rings. The highest BCUT2D eigenvalue weighted by molar-refractivity contribution is 8.13. The van der Waals surface area contributed by atoms with Crippen LogP contribution in [0.25, 0.3) is 0 Å². The highest BCUT2D eigenvalue weighted by atomic mass is 32.2. The molecule has 1 amide bonds. The summed E-state index contributed by atoms with van der Waals surface area (Å²) in [5.74, 6) is 1.16. The van der Waals surface area contributed by atoms with Gasteiger partial charge in [-0.25, -0.2) is 4.99 Å². The number of aliphatic imine (C=N–C) groups is 1. The van der Waals surface area contributed by atoms with Gasteiger partial charge in [-0.2, -0.15) is 0 Å². The molecule has 0 aliphatic carbocycles. The number of carbonyl (C=O) groups is 1. The van der Waals surface area contributed by atoms with Gasteiger partial charge in [0.05, 0.1) is 5.69 Å². The number of hydrogen-bond acceptors (Lipinski definition) is 3. The van der Waals surface area contributed by atoms with Gasteiger partial charge in [-0.05, 0) is 36.1 Å². The van der Waals surface area contributed by atoms with E-state index < -0.39 is 0 Å². The van der Waals surface area contributed by atoms with E-state index in [1.807, 2.05) is 59.5 Å². The van der Waals surface area contributed by atoms with E-state index in [4.69, 9.17) is 4.99 Å². The molecule has 1 heterocycles. The fourth-order valence-electron chi connectivity index (χ4n) is 3.76. The second-order valence-electron chi connectivity index (χ2n) is 7.51. The SMILES string of the molecule is Cc1ccccc1N=C1SCCCN1C(=O)CC(c1ccccc1)c1ccccc1. The summed E-state index contributed by atoms with van der Waals surface area (Å²) in [6.45, 7) is 2.78. The van der Waals surface area contributed by atoms with Gasteiger partial charge in [0.25, 0.3) is 0 Å². The van der Waals surface area contributed by atoms with Crippen LogP contribution in [0.4, 0.5) is 5.69 Å². The number of rotatable bonds is 5. The summed E-state index contributed by atoms with van der Waals surface area (Å²) in [4.78, 5) is 20.2. The molecule has 0 radical (unpaired) electrons. The average Bonchev–Trinajstić information content (AvgIpc) is 2.80. The lowest BCUT2D eigenvalue weighted by Crippen LogP contribution is -2.39. The first-order chi connectivity index (χ1) is 14.7. The highest BCUT2D eigenvalue weighted by Gasteiger charge is 2.27. The molecule has 3 aromatic rings. The molecule has 3 nitrogen and oxygen atoms in total. The molecular weight excluding hydrogens is 388 g/mol. The van der Waals surface area contributed by atoms with E-state index in [2.05, 4.69) is 37.3 Å². The van der Waals surface area contributed by atoms with Gasteiger partial charge >= 0.3 is 0 Å². The summed E-state index contributed by atoms with van der Waals surface area (Å²) < 4.78 is 0. The molecule has 4 rings (SSSR count). The molecule has 0 saturated carbocycles. The number of carbonyl (C=O) groups excluding carboxylic acids is 1. The number of thioether (sulfide) groups is 1. The zero-order valence-electron chi connectivity index (χ0n) is 17.2. The topological polar surface area (TPSA) is 32.7 Å². The minimum Gasteiger partial charge on any atom is -0.291 e. The van der Waals surface area contributed by atoms with Gasteiger partial charge in [0.1, 0.15) is 0 Å². The lowest BCUT2D eigenvalue weighted by atomic mass is 9.88. The van der Waals surface area contributed by atoms with Crippen molar-refractivity contribution in [2.45, 2.75) is 25.7 Å². The zero-order chi connectivity index (χ0) is 20.8. The third-order valence-electron chi connectivity index (χ3n) is 5.40. The number of aryl methyl sites for hydroxylation is 1. The Morgan fingerprint density at radius 1 is 0.933 bits per heavy atom. The number of para-hydroxylation sites is 1. The summed E-state index contributed by atoms with van der Waals surface area (Å²) in [5, 5.41) is 0.820. The minimum atomic E-state index is 0.0338. The van der Waals surface area contributed by atoms with Crippen LogP contribution >= 0.6 is 11.8 Å². The number of amidine groups is 1. The van der Waals surface area contributed by atoms with Crippen molar-refractivity contribution in [3.8, 4) is 0 Å². The monoisotopic (exact) mass is 414 g/mol. The fourth-order valence-corrected chi connectivity index (χ4v) is 4.73. The molecule has 0 spiro atoms. The fraction of sp³-hybridized carbons (Fsp3) is 0.231. The standard InChI is InChI=1S/C26H26N2OS/c1-20-11-8-9-16-24(20)27-26-28(17-10-18-30-26)25(29)19-23(21-12-4-2-5-13-21)22-14-6-3-7-15-22/h2-9,11-16,23H,10,17-19H2,1H3. The molecular formula is C26H26N2OS. The van der Waals surface area contributed by atoms with E-state index in [0.29, 0.717) is 6.42 Å². The molecule has 3 aromatic carbocycles. The lowest BCUT2D eigenvalue weighted by Gasteiger charge is -2.29. The number of amides is 1. The molecule has 1 saturated heterocycles. The third kappa shape index (κ3) is 4.82. The normalized spacial score (nSPS) is 15.5. The summed E-state index contributed by atoms with van der Waals surface area (Å²) in [6, 6.07) is 28.7. The van der Waals surface area contributed by atoms with Crippen LogP contribution in [-0.4, -0.2) is 28.3 Å². The molecule has 30 heavy (non-hydrogen) atoms. The lowest BCUT2D eigenvalue weighted by molar-refractivity contribution is -0.127. The maximum Gasteiger partial charge on any atom is 0.229 e. The molecule has 0 bridgehead atoms. The number of hydrogen-bond donors (Lipinski definition) is 0. The molecule has 152 valence electrons. The second-order valence-corrected chi connectivity index (χ2v) is 8.57. The van der Waals surface area contributed by atoms with Crippen molar-refractivity contribution in [3.63, 3.8) is 0 Å². The average molecular weight is 415 g/mol. The van der Waals surface area contributed by atoms with Gasteiger partial charge in [0.2, 0.25) is 5.91 Å². The van der Waals surface area contributed by atoms with E-state index in [1.54, 1.807) is 11.8 Å². The molecule has 0 atom stereocenters. The van der Waals surface area contributed by atoms with E-state index in [-0.39, 0.29) is 11.8 Å². The van der Waals surface area contributed by atoms with Crippen LogP contribution in [-0.2, 0) is 4.79 Å². The van der Waals surface area contributed by atoms with Crippen molar-refractivity contribution >= 4 is 28.5 Å². The Balaban J connectivity index is 1.62. The van der Waals surface area contributed by atoms with Crippen molar-refractivity contribution in [2.75, 3.05) is 12.3 Å². The predicted octanol–water partition coefficient (Wildman–Crippen LogP) is 6.17. The largest absolute Gasteiger partial charge is 0.291 e. The van der Waals surface area contributed by atoms with Crippen LogP contribution in [0.5, 0.6) is 0 Å². The summed E-state index contributed by atoms with van der Waals surface area (Å²) in [5.41, 5.74) is 4.38. The van der Waals surface area contributed by atoms with Crippen LogP contribution < -0.4 is 0 Å².